The Labute approximate surface area is 118 Å². The lowest BCUT2D eigenvalue weighted by Crippen LogP contribution is -2.11. The van der Waals surface area contributed by atoms with Crippen molar-refractivity contribution < 1.29 is 19.7 Å². The summed E-state index contributed by atoms with van der Waals surface area (Å²) in [6, 6.07) is 7.02. The quantitative estimate of drug-likeness (QED) is 0.362. The molecule has 0 fully saturated rings. The zero-order chi connectivity index (χ0) is 15.0. The summed E-state index contributed by atoms with van der Waals surface area (Å²) in [5, 5.41) is 19.0. The van der Waals surface area contributed by atoms with Crippen LogP contribution in [0.5, 0.6) is 0 Å². The van der Waals surface area contributed by atoms with Gasteiger partial charge in [-0.3, -0.25) is 4.99 Å². The standard InChI is InChI=1S/C15H19NO4/c1-3-14(18)12(15(19)20-4-2)9-16-13-8-6-5-7-11(13)10-17/h5-9,17-18H,3-4,10H2,1-2H3/b14-12-,16-9?. The fourth-order valence-corrected chi connectivity index (χ4v) is 1.55. The van der Waals surface area contributed by atoms with Crippen LogP contribution in [0.1, 0.15) is 25.8 Å². The van der Waals surface area contributed by atoms with Crippen LogP contribution in [0.2, 0.25) is 0 Å². The van der Waals surface area contributed by atoms with Gasteiger partial charge in [-0.1, -0.05) is 25.1 Å². The number of carbonyl (C=O) groups is 1. The molecule has 20 heavy (non-hydrogen) atoms. The molecule has 0 aliphatic rings. The van der Waals surface area contributed by atoms with Crippen LogP contribution in [0.15, 0.2) is 40.6 Å². The highest BCUT2D eigenvalue weighted by molar-refractivity contribution is 6.10. The minimum atomic E-state index is -0.614. The number of allylic oxidation sites excluding steroid dienone is 1. The van der Waals surface area contributed by atoms with Crippen LogP contribution in [0.4, 0.5) is 5.69 Å². The predicted octanol–water partition coefficient (Wildman–Crippen LogP) is 2.67. The summed E-state index contributed by atoms with van der Waals surface area (Å²) in [7, 11) is 0. The van der Waals surface area contributed by atoms with Crippen molar-refractivity contribution in [3.05, 3.63) is 41.2 Å². The van der Waals surface area contributed by atoms with Crippen molar-refractivity contribution in [3.8, 4) is 0 Å². The van der Waals surface area contributed by atoms with Crippen LogP contribution >= 0.6 is 0 Å². The Morgan fingerprint density at radius 1 is 1.35 bits per heavy atom. The van der Waals surface area contributed by atoms with E-state index >= 15 is 0 Å². The average molecular weight is 277 g/mol. The number of benzene rings is 1. The molecular formula is C15H19NO4. The topological polar surface area (TPSA) is 79.1 Å². The van der Waals surface area contributed by atoms with Gasteiger partial charge in [0.05, 0.1) is 18.9 Å². The molecule has 0 aromatic heterocycles. The number of aliphatic hydroxyl groups excluding tert-OH is 2. The van der Waals surface area contributed by atoms with E-state index in [4.69, 9.17) is 4.74 Å². The first-order valence-corrected chi connectivity index (χ1v) is 6.46. The van der Waals surface area contributed by atoms with Crippen LogP contribution in [0, 0.1) is 0 Å². The Balaban J connectivity index is 3.07. The largest absolute Gasteiger partial charge is 0.511 e. The van der Waals surface area contributed by atoms with E-state index in [1.165, 1.54) is 6.21 Å². The second kappa shape index (κ2) is 8.12. The second-order valence-corrected chi connectivity index (χ2v) is 3.98. The number of esters is 1. The van der Waals surface area contributed by atoms with E-state index in [2.05, 4.69) is 4.99 Å². The molecule has 5 heteroatoms. The maximum absolute atomic E-state index is 11.7. The maximum atomic E-state index is 11.7. The highest BCUT2D eigenvalue weighted by Gasteiger charge is 2.13. The molecule has 0 spiro atoms. The highest BCUT2D eigenvalue weighted by atomic mass is 16.5. The maximum Gasteiger partial charge on any atom is 0.343 e. The third-order valence-corrected chi connectivity index (χ3v) is 2.64. The summed E-state index contributed by atoms with van der Waals surface area (Å²) < 4.78 is 4.87. The normalized spacial score (nSPS) is 12.3. The van der Waals surface area contributed by atoms with Gasteiger partial charge < -0.3 is 14.9 Å². The molecule has 0 unspecified atom stereocenters. The molecule has 108 valence electrons. The summed E-state index contributed by atoms with van der Waals surface area (Å²) in [6.07, 6.45) is 1.58. The number of hydrogen-bond donors (Lipinski definition) is 2. The molecule has 0 saturated heterocycles. The van der Waals surface area contributed by atoms with Gasteiger partial charge in [0.15, 0.2) is 0 Å². The number of carbonyl (C=O) groups excluding carboxylic acids is 1. The Bertz CT molecular complexity index is 520. The van der Waals surface area contributed by atoms with E-state index in [1.54, 1.807) is 38.1 Å². The van der Waals surface area contributed by atoms with E-state index in [9.17, 15) is 15.0 Å². The number of rotatable bonds is 6. The van der Waals surface area contributed by atoms with Crippen LogP contribution < -0.4 is 0 Å². The van der Waals surface area contributed by atoms with Crippen molar-refractivity contribution in [2.45, 2.75) is 26.9 Å². The fraction of sp³-hybridized carbons (Fsp3) is 0.333. The van der Waals surface area contributed by atoms with Gasteiger partial charge in [-0.2, -0.15) is 0 Å². The molecule has 0 aliphatic carbocycles. The van der Waals surface area contributed by atoms with Gasteiger partial charge in [-0.05, 0) is 13.0 Å². The monoisotopic (exact) mass is 277 g/mol. The molecule has 0 bridgehead atoms. The number of nitrogens with zero attached hydrogens (tertiary/aromatic N) is 1. The Hall–Kier alpha value is -2.14. The molecule has 2 N–H and O–H groups in total. The number of aliphatic imine (C=N–C) groups is 1. The smallest absolute Gasteiger partial charge is 0.343 e. The summed E-state index contributed by atoms with van der Waals surface area (Å²) in [4.78, 5) is 15.9. The van der Waals surface area contributed by atoms with Crippen molar-refractivity contribution in [1.82, 2.24) is 0 Å². The lowest BCUT2D eigenvalue weighted by molar-refractivity contribution is -0.138. The fourth-order valence-electron chi connectivity index (χ4n) is 1.55. The van der Waals surface area contributed by atoms with Gasteiger partial charge in [0.25, 0.3) is 0 Å². The van der Waals surface area contributed by atoms with Crippen LogP contribution in [-0.2, 0) is 16.1 Å². The molecule has 0 heterocycles. The van der Waals surface area contributed by atoms with Crippen molar-refractivity contribution >= 4 is 17.9 Å². The average Bonchev–Trinajstić information content (AvgIpc) is 2.47. The number of hydrogen-bond acceptors (Lipinski definition) is 5. The summed E-state index contributed by atoms with van der Waals surface area (Å²) >= 11 is 0. The molecule has 1 rings (SSSR count). The molecule has 0 aliphatic heterocycles. The van der Waals surface area contributed by atoms with Crippen LogP contribution in [0.25, 0.3) is 0 Å². The number of ether oxygens (including phenoxy) is 1. The molecule has 1 aromatic rings. The van der Waals surface area contributed by atoms with Gasteiger partial charge in [-0.15, -0.1) is 0 Å². The van der Waals surface area contributed by atoms with E-state index in [0.717, 1.165) is 0 Å². The highest BCUT2D eigenvalue weighted by Crippen LogP contribution is 2.19. The molecular weight excluding hydrogens is 258 g/mol. The second-order valence-electron chi connectivity index (χ2n) is 3.98. The zero-order valence-electron chi connectivity index (χ0n) is 11.7. The summed E-state index contributed by atoms with van der Waals surface area (Å²) in [6.45, 7) is 3.49. The molecule has 0 radical (unpaired) electrons. The van der Waals surface area contributed by atoms with Crippen LogP contribution in [-0.4, -0.2) is 29.0 Å². The molecule has 5 nitrogen and oxygen atoms in total. The molecule has 0 amide bonds. The minimum absolute atomic E-state index is 0.0297. The lowest BCUT2D eigenvalue weighted by atomic mass is 10.2. The Morgan fingerprint density at radius 2 is 2.05 bits per heavy atom. The van der Waals surface area contributed by atoms with Gasteiger partial charge in [0, 0.05) is 18.2 Å². The van der Waals surface area contributed by atoms with Gasteiger partial charge in [0.2, 0.25) is 0 Å². The predicted molar refractivity (Wildman–Crippen MR) is 77.1 cm³/mol. The Morgan fingerprint density at radius 3 is 2.65 bits per heavy atom. The molecule has 0 atom stereocenters. The van der Waals surface area contributed by atoms with Gasteiger partial charge in [0.1, 0.15) is 11.3 Å². The summed E-state index contributed by atoms with van der Waals surface area (Å²) in [5.74, 6) is -0.689. The first-order chi connectivity index (χ1) is 9.63. The third-order valence-electron chi connectivity index (χ3n) is 2.64. The van der Waals surface area contributed by atoms with Gasteiger partial charge in [-0.25, -0.2) is 4.79 Å². The van der Waals surface area contributed by atoms with E-state index < -0.39 is 5.97 Å². The van der Waals surface area contributed by atoms with Crippen molar-refractivity contribution in [3.63, 3.8) is 0 Å². The lowest BCUT2D eigenvalue weighted by Gasteiger charge is -2.05. The van der Waals surface area contributed by atoms with E-state index in [-0.39, 0.29) is 24.5 Å². The first-order valence-electron chi connectivity index (χ1n) is 6.46. The van der Waals surface area contributed by atoms with Gasteiger partial charge >= 0.3 is 5.97 Å². The Kier molecular flexibility index (Phi) is 6.46. The number of aliphatic hydroxyl groups is 2. The SMILES string of the molecule is CCOC(=O)/C(C=Nc1ccccc1CO)=C(\O)CC. The third kappa shape index (κ3) is 4.20. The zero-order valence-corrected chi connectivity index (χ0v) is 11.7. The van der Waals surface area contributed by atoms with Crippen molar-refractivity contribution in [2.75, 3.05) is 6.61 Å². The number of para-hydroxylation sites is 1. The summed E-state index contributed by atoms with van der Waals surface area (Å²) in [5.41, 5.74) is 1.21. The minimum Gasteiger partial charge on any atom is -0.511 e. The van der Waals surface area contributed by atoms with E-state index in [1.807, 2.05) is 0 Å². The first kappa shape index (κ1) is 15.9. The van der Waals surface area contributed by atoms with E-state index in [0.29, 0.717) is 17.7 Å². The van der Waals surface area contributed by atoms with Crippen LogP contribution in [0.3, 0.4) is 0 Å². The van der Waals surface area contributed by atoms with Crippen molar-refractivity contribution in [2.24, 2.45) is 4.99 Å². The molecule has 1 aromatic carbocycles. The van der Waals surface area contributed by atoms with Crippen molar-refractivity contribution in [1.29, 1.82) is 0 Å². The molecule has 0 saturated carbocycles.